The zero-order valence-corrected chi connectivity index (χ0v) is 17.3. The maximum absolute atomic E-state index is 13.1. The quantitative estimate of drug-likeness (QED) is 0.441. The topological polar surface area (TPSA) is 55.2 Å². The van der Waals surface area contributed by atoms with Crippen molar-refractivity contribution in [2.45, 2.75) is 44.1 Å². The lowest BCUT2D eigenvalue weighted by molar-refractivity contribution is -0.117. The number of carbonyl (C=O) groups is 1. The molecule has 0 saturated heterocycles. The van der Waals surface area contributed by atoms with E-state index >= 15 is 0 Å². The highest BCUT2D eigenvalue weighted by atomic mass is 32.2. The van der Waals surface area contributed by atoms with E-state index in [1.807, 2.05) is 69.3 Å². The van der Waals surface area contributed by atoms with Crippen molar-refractivity contribution in [3.63, 3.8) is 0 Å². The second kappa shape index (κ2) is 9.06. The van der Waals surface area contributed by atoms with Gasteiger partial charge in [0.15, 0.2) is 5.16 Å². The van der Waals surface area contributed by atoms with Crippen molar-refractivity contribution in [2.75, 3.05) is 11.4 Å². The molecule has 0 spiro atoms. The van der Waals surface area contributed by atoms with Gasteiger partial charge in [-0.05, 0) is 44.5 Å². The minimum Gasteiger partial charge on any atom is -0.312 e. The summed E-state index contributed by atoms with van der Waals surface area (Å²) in [6.07, 6.45) is 0.820. The van der Waals surface area contributed by atoms with Gasteiger partial charge < -0.3 is 4.90 Å². The number of fused-ring (bicyclic) bond motifs is 1. The molecule has 1 amide bonds. The van der Waals surface area contributed by atoms with Gasteiger partial charge in [0.05, 0.1) is 16.2 Å². The molecular formula is C22H25N3O2S. The SMILES string of the molecule is CCCn1c(SC(C)C(=O)N(CC)c2ccccc2)nc2ccccc2c1=O. The Morgan fingerprint density at radius 3 is 2.46 bits per heavy atom. The summed E-state index contributed by atoms with van der Waals surface area (Å²) < 4.78 is 1.69. The molecule has 0 N–H and O–H groups in total. The van der Waals surface area contributed by atoms with E-state index in [1.165, 1.54) is 11.8 Å². The van der Waals surface area contributed by atoms with Gasteiger partial charge in [0.2, 0.25) is 5.91 Å². The summed E-state index contributed by atoms with van der Waals surface area (Å²) in [5.41, 5.74) is 1.49. The number of nitrogens with zero attached hydrogens (tertiary/aromatic N) is 3. The highest BCUT2D eigenvalue weighted by Gasteiger charge is 2.24. The number of thioether (sulfide) groups is 1. The molecule has 0 aliphatic carbocycles. The smallest absolute Gasteiger partial charge is 0.262 e. The molecule has 0 aliphatic heterocycles. The lowest BCUT2D eigenvalue weighted by Crippen LogP contribution is -2.37. The average molecular weight is 396 g/mol. The monoisotopic (exact) mass is 395 g/mol. The minimum atomic E-state index is -0.365. The highest BCUT2D eigenvalue weighted by molar-refractivity contribution is 8.00. The van der Waals surface area contributed by atoms with E-state index in [2.05, 4.69) is 0 Å². The third-order valence-corrected chi connectivity index (χ3v) is 5.63. The fourth-order valence-electron chi connectivity index (χ4n) is 3.16. The fourth-order valence-corrected chi connectivity index (χ4v) is 4.16. The van der Waals surface area contributed by atoms with Gasteiger partial charge in [0.1, 0.15) is 0 Å². The van der Waals surface area contributed by atoms with Crippen molar-refractivity contribution in [2.24, 2.45) is 0 Å². The summed E-state index contributed by atoms with van der Waals surface area (Å²) in [6, 6.07) is 17.0. The zero-order valence-electron chi connectivity index (χ0n) is 16.5. The van der Waals surface area contributed by atoms with Crippen LogP contribution in [0, 0.1) is 0 Å². The van der Waals surface area contributed by atoms with Gasteiger partial charge in [-0.15, -0.1) is 0 Å². The predicted molar refractivity (Wildman–Crippen MR) is 116 cm³/mol. The Labute approximate surface area is 169 Å². The van der Waals surface area contributed by atoms with E-state index in [1.54, 1.807) is 15.5 Å². The van der Waals surface area contributed by atoms with Crippen molar-refractivity contribution in [1.29, 1.82) is 0 Å². The predicted octanol–water partition coefficient (Wildman–Crippen LogP) is 4.34. The Morgan fingerprint density at radius 2 is 1.79 bits per heavy atom. The van der Waals surface area contributed by atoms with E-state index in [0.29, 0.717) is 29.1 Å². The molecule has 1 heterocycles. The molecule has 3 rings (SSSR count). The Morgan fingerprint density at radius 1 is 1.11 bits per heavy atom. The summed E-state index contributed by atoms with van der Waals surface area (Å²) in [7, 11) is 0. The second-order valence-corrected chi connectivity index (χ2v) is 7.85. The first-order valence-electron chi connectivity index (χ1n) is 9.59. The largest absolute Gasteiger partial charge is 0.312 e. The standard InChI is InChI=1S/C22H25N3O2S/c1-4-15-25-21(27)18-13-9-10-14-19(18)23-22(25)28-16(3)20(26)24(5-2)17-11-7-6-8-12-17/h6-14,16H,4-5,15H2,1-3H3. The molecular weight excluding hydrogens is 370 g/mol. The molecule has 6 heteroatoms. The van der Waals surface area contributed by atoms with Crippen LogP contribution in [0.4, 0.5) is 5.69 Å². The molecule has 0 fully saturated rings. The van der Waals surface area contributed by atoms with Crippen LogP contribution in [-0.4, -0.2) is 27.3 Å². The van der Waals surface area contributed by atoms with Gasteiger partial charge in [-0.3, -0.25) is 14.2 Å². The first-order valence-corrected chi connectivity index (χ1v) is 10.5. The average Bonchev–Trinajstić information content (AvgIpc) is 2.72. The molecule has 2 aromatic carbocycles. The number of para-hydroxylation sites is 2. The Hall–Kier alpha value is -2.60. The van der Waals surface area contributed by atoms with E-state index < -0.39 is 0 Å². The second-order valence-electron chi connectivity index (χ2n) is 6.55. The van der Waals surface area contributed by atoms with Crippen LogP contribution in [0.2, 0.25) is 0 Å². The number of rotatable bonds is 7. The third kappa shape index (κ3) is 4.12. The molecule has 146 valence electrons. The van der Waals surface area contributed by atoms with Gasteiger partial charge in [-0.2, -0.15) is 0 Å². The van der Waals surface area contributed by atoms with Crippen LogP contribution in [0.1, 0.15) is 27.2 Å². The minimum absolute atomic E-state index is 0.00385. The third-order valence-electron chi connectivity index (χ3n) is 4.55. The molecule has 5 nitrogen and oxygen atoms in total. The normalized spacial score (nSPS) is 12.1. The number of hydrogen-bond donors (Lipinski definition) is 0. The Kier molecular flexibility index (Phi) is 6.52. The summed E-state index contributed by atoms with van der Waals surface area (Å²) in [6.45, 7) is 7.02. The Bertz CT molecular complexity index is 1020. The van der Waals surface area contributed by atoms with Gasteiger partial charge in [0, 0.05) is 18.8 Å². The van der Waals surface area contributed by atoms with Gasteiger partial charge in [0.25, 0.3) is 5.56 Å². The van der Waals surface area contributed by atoms with Crippen LogP contribution in [-0.2, 0) is 11.3 Å². The summed E-state index contributed by atoms with van der Waals surface area (Å²) in [5, 5.41) is 0.839. The van der Waals surface area contributed by atoms with Crippen LogP contribution in [0.25, 0.3) is 10.9 Å². The number of carbonyl (C=O) groups excluding carboxylic acids is 1. The van der Waals surface area contributed by atoms with Crippen LogP contribution in [0.3, 0.4) is 0 Å². The zero-order chi connectivity index (χ0) is 20.1. The molecule has 0 saturated carbocycles. The lowest BCUT2D eigenvalue weighted by Gasteiger charge is -2.24. The van der Waals surface area contributed by atoms with Crippen LogP contribution < -0.4 is 10.5 Å². The summed E-state index contributed by atoms with van der Waals surface area (Å²) >= 11 is 1.35. The van der Waals surface area contributed by atoms with E-state index in [4.69, 9.17) is 4.98 Å². The molecule has 0 radical (unpaired) electrons. The number of anilines is 1. The molecule has 1 atom stereocenters. The van der Waals surface area contributed by atoms with Crippen molar-refractivity contribution in [1.82, 2.24) is 9.55 Å². The van der Waals surface area contributed by atoms with Crippen LogP contribution >= 0.6 is 11.8 Å². The van der Waals surface area contributed by atoms with E-state index in [9.17, 15) is 9.59 Å². The van der Waals surface area contributed by atoms with Crippen LogP contribution in [0.15, 0.2) is 64.5 Å². The fraction of sp³-hybridized carbons (Fsp3) is 0.318. The van der Waals surface area contributed by atoms with E-state index in [-0.39, 0.29) is 16.7 Å². The Balaban J connectivity index is 1.93. The molecule has 3 aromatic rings. The van der Waals surface area contributed by atoms with Crippen molar-refractivity contribution < 1.29 is 4.79 Å². The maximum Gasteiger partial charge on any atom is 0.262 e. The van der Waals surface area contributed by atoms with Crippen molar-refractivity contribution in [3.05, 3.63) is 65.0 Å². The molecule has 0 aliphatic rings. The number of aromatic nitrogens is 2. The lowest BCUT2D eigenvalue weighted by atomic mass is 10.2. The van der Waals surface area contributed by atoms with Crippen LogP contribution in [0.5, 0.6) is 0 Å². The molecule has 1 aromatic heterocycles. The summed E-state index contributed by atoms with van der Waals surface area (Å²) in [4.78, 5) is 32.5. The molecule has 0 bridgehead atoms. The van der Waals surface area contributed by atoms with Crippen molar-refractivity contribution >= 4 is 34.3 Å². The molecule has 1 unspecified atom stereocenters. The number of hydrogen-bond acceptors (Lipinski definition) is 4. The first-order chi connectivity index (χ1) is 13.6. The summed E-state index contributed by atoms with van der Waals surface area (Å²) in [5.74, 6) is 0.00385. The van der Waals surface area contributed by atoms with Gasteiger partial charge >= 0.3 is 0 Å². The molecule has 28 heavy (non-hydrogen) atoms. The maximum atomic E-state index is 13.1. The highest BCUT2D eigenvalue weighted by Crippen LogP contribution is 2.26. The first kappa shape index (κ1) is 20.1. The van der Waals surface area contributed by atoms with Gasteiger partial charge in [-0.1, -0.05) is 49.0 Å². The number of amides is 1. The van der Waals surface area contributed by atoms with Crippen molar-refractivity contribution in [3.8, 4) is 0 Å². The number of benzene rings is 2. The van der Waals surface area contributed by atoms with E-state index in [0.717, 1.165) is 12.1 Å². The van der Waals surface area contributed by atoms with Gasteiger partial charge in [-0.25, -0.2) is 4.98 Å².